The molecule has 0 atom stereocenters. The monoisotopic (exact) mass is 986 g/mol. The average molecular weight is 986 g/mol. The fourth-order valence-corrected chi connectivity index (χ4v) is 14.3. The Balaban J connectivity index is 0.000000145. The van der Waals surface area contributed by atoms with Gasteiger partial charge in [0.25, 0.3) is 0 Å². The van der Waals surface area contributed by atoms with E-state index in [-0.39, 0.29) is 20.1 Å². The van der Waals surface area contributed by atoms with Gasteiger partial charge in [-0.05, 0) is 113 Å². The van der Waals surface area contributed by atoms with Crippen LogP contribution in [0.5, 0.6) is 0 Å². The van der Waals surface area contributed by atoms with Crippen molar-refractivity contribution < 1.29 is 24.7 Å². The van der Waals surface area contributed by atoms with Gasteiger partial charge in [-0.3, -0.25) is 4.98 Å². The topological polar surface area (TPSA) is 30.0 Å². The molecule has 4 bridgehead atoms. The number of hydrogen-bond acceptors (Lipinski definition) is 2. The zero-order valence-electron chi connectivity index (χ0n) is 34.7. The minimum atomic E-state index is -3.15. The molecule has 1 heterocycles. The number of hydrogen-bond donors (Lipinski definition) is 0. The summed E-state index contributed by atoms with van der Waals surface area (Å²) in [6, 6.07) is 63.6. The van der Waals surface area contributed by atoms with Crippen molar-refractivity contribution in [2.75, 3.05) is 0 Å². The predicted octanol–water partition coefficient (Wildman–Crippen LogP) is 13.4. The van der Waals surface area contributed by atoms with E-state index in [2.05, 4.69) is 129 Å². The van der Waals surface area contributed by atoms with Gasteiger partial charge < -0.3 is 4.57 Å². The second kappa shape index (κ2) is 15.9. The minimum absolute atomic E-state index is 0. The van der Waals surface area contributed by atoms with Crippen molar-refractivity contribution in [3.63, 3.8) is 0 Å². The number of benzene rings is 8. The summed E-state index contributed by atoms with van der Waals surface area (Å²) in [5.41, 5.74) is 7.77. The summed E-state index contributed by atoms with van der Waals surface area (Å²) in [7, 11) is -3.15. The van der Waals surface area contributed by atoms with Gasteiger partial charge in [0, 0.05) is 36.1 Å². The normalized spacial score (nSPS) is 20.4. The summed E-state index contributed by atoms with van der Waals surface area (Å²) in [5, 5.41) is 10.4. The quantitative estimate of drug-likeness (QED) is 0.127. The van der Waals surface area contributed by atoms with Crippen LogP contribution in [0.2, 0.25) is 0 Å². The van der Waals surface area contributed by atoms with Crippen LogP contribution in [0.1, 0.15) is 55.2 Å². The van der Waals surface area contributed by atoms with E-state index < -0.39 is 7.14 Å². The molecule has 13 rings (SSSR count). The second-order valence-electron chi connectivity index (χ2n) is 18.1. The van der Waals surface area contributed by atoms with E-state index in [4.69, 9.17) is 4.98 Å². The first kappa shape index (κ1) is 39.9. The van der Waals surface area contributed by atoms with Gasteiger partial charge in [0.15, 0.2) is 0 Å². The van der Waals surface area contributed by atoms with Crippen molar-refractivity contribution in [2.45, 2.75) is 57.8 Å². The van der Waals surface area contributed by atoms with E-state index >= 15 is 4.57 Å². The Kier molecular flexibility index (Phi) is 10.4. The van der Waals surface area contributed by atoms with Crippen LogP contribution in [0.4, 0.5) is 0 Å². The van der Waals surface area contributed by atoms with Crippen LogP contribution in [-0.4, -0.2) is 4.98 Å². The zero-order valence-corrected chi connectivity index (χ0v) is 38.0. The summed E-state index contributed by atoms with van der Waals surface area (Å²) in [4.78, 5) is 5.08. The molecule has 0 unspecified atom stereocenters. The zero-order chi connectivity index (χ0) is 40.4. The van der Waals surface area contributed by atoms with Crippen LogP contribution in [-0.2, 0) is 30.1 Å². The van der Waals surface area contributed by atoms with E-state index in [1.54, 1.807) is 5.56 Å². The molecular formula is C57H48IrNOP-2. The molecule has 2 nitrogen and oxygen atoms in total. The fourth-order valence-electron chi connectivity index (χ4n) is 11.7. The smallest absolute Gasteiger partial charge is 0.147 e. The Labute approximate surface area is 373 Å². The summed E-state index contributed by atoms with van der Waals surface area (Å²) in [5.74, 6) is 2.91. The number of aryl methyl sites for hydroxylation is 2. The molecule has 0 saturated heterocycles. The molecule has 1 radical (unpaired) electrons. The molecule has 1 aromatic heterocycles. The summed E-state index contributed by atoms with van der Waals surface area (Å²) in [6.07, 6.45) is 8.71. The van der Waals surface area contributed by atoms with E-state index in [1.165, 1.54) is 55.0 Å². The number of pyridine rings is 1. The predicted molar refractivity (Wildman–Crippen MR) is 253 cm³/mol. The Morgan fingerprint density at radius 1 is 0.574 bits per heavy atom. The van der Waals surface area contributed by atoms with Gasteiger partial charge in [-0.25, -0.2) is 0 Å². The van der Waals surface area contributed by atoms with Gasteiger partial charge in [-0.1, -0.05) is 134 Å². The van der Waals surface area contributed by atoms with E-state index in [9.17, 15) is 0 Å². The van der Waals surface area contributed by atoms with Gasteiger partial charge in [-0.15, -0.1) is 51.7 Å². The molecule has 9 aromatic rings. The molecule has 4 aliphatic rings. The molecule has 4 fully saturated rings. The number of rotatable bonds is 5. The first-order valence-electron chi connectivity index (χ1n) is 21.7. The Bertz CT molecular complexity index is 2910. The molecule has 61 heavy (non-hydrogen) atoms. The largest absolute Gasteiger partial charge is 0.311 e. The minimum Gasteiger partial charge on any atom is -0.311 e. The summed E-state index contributed by atoms with van der Waals surface area (Å²) in [6.45, 7) is 4.26. The summed E-state index contributed by atoms with van der Waals surface area (Å²) < 4.78 is 15.1. The van der Waals surface area contributed by atoms with Crippen LogP contribution in [0, 0.1) is 43.7 Å². The number of fused-ring (bicyclic) bond motifs is 4. The molecule has 0 N–H and O–H groups in total. The maximum atomic E-state index is 15.1. The second-order valence-corrected chi connectivity index (χ2v) is 20.9. The van der Waals surface area contributed by atoms with E-state index in [0.29, 0.717) is 5.41 Å². The first-order chi connectivity index (χ1) is 29.3. The van der Waals surface area contributed by atoms with Gasteiger partial charge in [0.05, 0.1) is 5.52 Å². The molecule has 4 saturated carbocycles. The Morgan fingerprint density at radius 2 is 1.13 bits per heavy atom. The van der Waals surface area contributed by atoms with Crippen molar-refractivity contribution >= 4 is 66.3 Å². The number of aromatic nitrogens is 1. The standard InChI is InChI=1S/C30H20OP.C27H28N.Ir/c31-32(28-16-13-22-7-1-4-10-25(22)19-28,29-17-14-23-8-2-5-11-26(23)20-29)30-18-15-24-9-3-6-12-27(24)21-30;1-17-8-18(2)10-22(9-17)25-7-6-23-24(4-3-5-26(23)28-25)27-14-19-11-20(15-27)13-21(12-19)16-27;/h1-17,19-21H;3-9,19-21H,11-16H2,1-2H3;/q2*-1;. The molecule has 303 valence electrons. The van der Waals surface area contributed by atoms with Crippen LogP contribution < -0.4 is 15.9 Å². The van der Waals surface area contributed by atoms with E-state index in [0.717, 1.165) is 82.8 Å². The van der Waals surface area contributed by atoms with Crippen LogP contribution >= 0.6 is 7.14 Å². The first-order valence-corrected chi connectivity index (χ1v) is 23.4. The van der Waals surface area contributed by atoms with Gasteiger partial charge in [-0.2, -0.15) is 18.2 Å². The van der Waals surface area contributed by atoms with Crippen molar-refractivity contribution in [1.29, 1.82) is 0 Å². The van der Waals surface area contributed by atoms with E-state index in [1.807, 2.05) is 60.7 Å². The Hall–Kier alpha value is -5.17. The molecule has 0 aliphatic heterocycles. The molecule has 0 spiro atoms. The third-order valence-electron chi connectivity index (χ3n) is 14.0. The van der Waals surface area contributed by atoms with Crippen LogP contribution in [0.3, 0.4) is 0 Å². The maximum absolute atomic E-state index is 15.1. The Morgan fingerprint density at radius 3 is 1.72 bits per heavy atom. The molecule has 4 aliphatic carbocycles. The molecular weight excluding hydrogens is 938 g/mol. The molecule has 4 heteroatoms. The van der Waals surface area contributed by atoms with Gasteiger partial charge in [0.1, 0.15) is 7.14 Å². The third-order valence-corrected chi connectivity index (χ3v) is 16.9. The van der Waals surface area contributed by atoms with Crippen molar-refractivity contribution in [3.05, 3.63) is 193 Å². The molecule has 0 amide bonds. The summed E-state index contributed by atoms with van der Waals surface area (Å²) >= 11 is 0. The number of nitrogens with zero attached hydrogens (tertiary/aromatic N) is 1. The fraction of sp³-hybridized carbons (Fsp3) is 0.211. The average Bonchev–Trinajstić information content (AvgIpc) is 3.27. The SMILES string of the molecule is Cc1[c-]c(-c2ccc3c(C45CC6CC(CC(C6)C4)C5)cccc3n2)cc(C)c1.O=P(c1[c-]cc2ccccc2c1)(c1ccc2ccccc2c1)c1ccc2ccccc2c1.[Ir]. The van der Waals surface area contributed by atoms with Crippen molar-refractivity contribution in [2.24, 2.45) is 17.8 Å². The van der Waals surface area contributed by atoms with Crippen molar-refractivity contribution in [1.82, 2.24) is 4.98 Å². The van der Waals surface area contributed by atoms with Crippen LogP contribution in [0.25, 0.3) is 54.5 Å². The van der Waals surface area contributed by atoms with Crippen LogP contribution in [0.15, 0.2) is 164 Å². The third kappa shape index (κ3) is 7.30. The maximum Gasteiger partial charge on any atom is 0.147 e. The molecule has 8 aromatic carbocycles. The van der Waals surface area contributed by atoms with Gasteiger partial charge >= 0.3 is 0 Å². The van der Waals surface area contributed by atoms with Gasteiger partial charge in [0.2, 0.25) is 0 Å². The van der Waals surface area contributed by atoms with Crippen molar-refractivity contribution in [3.8, 4) is 11.3 Å².